The van der Waals surface area contributed by atoms with Gasteiger partial charge in [0.2, 0.25) is 10.0 Å². The van der Waals surface area contributed by atoms with E-state index in [9.17, 15) is 8.42 Å². The molecule has 0 aliphatic heterocycles. The van der Waals surface area contributed by atoms with Crippen LogP contribution in [-0.2, 0) is 21.2 Å². The van der Waals surface area contributed by atoms with Crippen LogP contribution in [-0.4, -0.2) is 41.3 Å². The Labute approximate surface area is 128 Å². The van der Waals surface area contributed by atoms with Crippen LogP contribution in [0.4, 0.5) is 0 Å². The standard InChI is InChI=1S/C15H26N2O3S/c1-4-20-12-13(2)17-21(18,19)15-9-7-14(8-10-15)6-5-11-16-3/h7-10,13,16-17H,4-6,11-12H2,1-3H3. The molecular formula is C15H26N2O3S. The SMILES string of the molecule is CCOCC(C)NS(=O)(=O)c1ccc(CCCNC)cc1. The van der Waals surface area contributed by atoms with Crippen LogP contribution >= 0.6 is 0 Å². The molecule has 0 radical (unpaired) electrons. The van der Waals surface area contributed by atoms with E-state index >= 15 is 0 Å². The van der Waals surface area contributed by atoms with Crippen LogP contribution in [0.25, 0.3) is 0 Å². The summed E-state index contributed by atoms with van der Waals surface area (Å²) in [5, 5.41) is 3.09. The van der Waals surface area contributed by atoms with Crippen molar-refractivity contribution in [3.05, 3.63) is 29.8 Å². The van der Waals surface area contributed by atoms with E-state index in [1.807, 2.05) is 26.1 Å². The van der Waals surface area contributed by atoms with Gasteiger partial charge >= 0.3 is 0 Å². The highest BCUT2D eigenvalue weighted by Crippen LogP contribution is 2.12. The maximum Gasteiger partial charge on any atom is 0.240 e. The molecule has 0 aliphatic carbocycles. The lowest BCUT2D eigenvalue weighted by molar-refractivity contribution is 0.133. The van der Waals surface area contributed by atoms with E-state index < -0.39 is 10.0 Å². The highest BCUT2D eigenvalue weighted by atomic mass is 32.2. The molecule has 0 amide bonds. The first-order valence-corrected chi connectivity index (χ1v) is 8.81. The highest BCUT2D eigenvalue weighted by molar-refractivity contribution is 7.89. The fourth-order valence-electron chi connectivity index (χ4n) is 1.97. The van der Waals surface area contributed by atoms with Crippen molar-refractivity contribution >= 4 is 10.0 Å². The van der Waals surface area contributed by atoms with Crippen molar-refractivity contribution in [1.29, 1.82) is 0 Å². The number of aryl methyl sites for hydroxylation is 1. The van der Waals surface area contributed by atoms with Gasteiger partial charge in [-0.25, -0.2) is 13.1 Å². The van der Waals surface area contributed by atoms with Crippen molar-refractivity contribution in [2.45, 2.75) is 37.6 Å². The van der Waals surface area contributed by atoms with Gasteiger partial charge in [0.15, 0.2) is 0 Å². The quantitative estimate of drug-likeness (QED) is 0.643. The number of ether oxygens (including phenoxy) is 1. The van der Waals surface area contributed by atoms with Crippen molar-refractivity contribution in [1.82, 2.24) is 10.0 Å². The maximum absolute atomic E-state index is 12.2. The topological polar surface area (TPSA) is 67.4 Å². The Bertz CT molecular complexity index is 500. The average Bonchev–Trinajstić information content (AvgIpc) is 2.45. The molecule has 6 heteroatoms. The molecule has 0 aliphatic rings. The molecule has 1 unspecified atom stereocenters. The molecule has 0 bridgehead atoms. The zero-order valence-corrected chi connectivity index (χ0v) is 13.9. The summed E-state index contributed by atoms with van der Waals surface area (Å²) in [6.07, 6.45) is 1.97. The summed E-state index contributed by atoms with van der Waals surface area (Å²) in [5.74, 6) is 0. The minimum Gasteiger partial charge on any atom is -0.380 e. The summed E-state index contributed by atoms with van der Waals surface area (Å²) in [6, 6.07) is 6.81. The number of hydrogen-bond donors (Lipinski definition) is 2. The summed E-state index contributed by atoms with van der Waals surface area (Å²) in [5.41, 5.74) is 1.14. The third-order valence-corrected chi connectivity index (χ3v) is 4.66. The fourth-order valence-corrected chi connectivity index (χ4v) is 3.19. The molecule has 2 N–H and O–H groups in total. The first-order valence-electron chi connectivity index (χ1n) is 7.33. The molecule has 1 rings (SSSR count). The van der Waals surface area contributed by atoms with Crippen LogP contribution in [0, 0.1) is 0 Å². The minimum absolute atomic E-state index is 0.245. The first kappa shape index (κ1) is 18.1. The second kappa shape index (κ2) is 9.15. The van der Waals surface area contributed by atoms with Crippen molar-refractivity contribution in [2.24, 2.45) is 0 Å². The van der Waals surface area contributed by atoms with Gasteiger partial charge in [-0.2, -0.15) is 0 Å². The third kappa shape index (κ3) is 6.56. The summed E-state index contributed by atoms with van der Waals surface area (Å²) >= 11 is 0. The van der Waals surface area contributed by atoms with Crippen molar-refractivity contribution in [3.8, 4) is 0 Å². The highest BCUT2D eigenvalue weighted by Gasteiger charge is 2.17. The van der Waals surface area contributed by atoms with Gasteiger partial charge in [0.1, 0.15) is 0 Å². The summed E-state index contributed by atoms with van der Waals surface area (Å²) in [4.78, 5) is 0.295. The predicted octanol–water partition coefficient (Wildman–Crippen LogP) is 1.54. The molecule has 0 aromatic heterocycles. The zero-order chi connectivity index (χ0) is 15.7. The summed E-state index contributed by atoms with van der Waals surface area (Å²) < 4.78 is 32.2. The molecule has 0 spiro atoms. The van der Waals surface area contributed by atoms with Crippen LogP contribution < -0.4 is 10.0 Å². The van der Waals surface area contributed by atoms with E-state index in [2.05, 4.69) is 10.0 Å². The molecular weight excluding hydrogens is 288 g/mol. The molecule has 1 atom stereocenters. The Morgan fingerprint density at radius 2 is 1.90 bits per heavy atom. The van der Waals surface area contributed by atoms with Crippen LogP contribution in [0.5, 0.6) is 0 Å². The van der Waals surface area contributed by atoms with Gasteiger partial charge < -0.3 is 10.1 Å². The van der Waals surface area contributed by atoms with Gasteiger partial charge in [0, 0.05) is 12.6 Å². The second-order valence-corrected chi connectivity index (χ2v) is 6.75. The van der Waals surface area contributed by atoms with Gasteiger partial charge in [-0.3, -0.25) is 0 Å². The van der Waals surface area contributed by atoms with Crippen LogP contribution in [0.2, 0.25) is 0 Å². The van der Waals surface area contributed by atoms with Gasteiger partial charge in [-0.15, -0.1) is 0 Å². The van der Waals surface area contributed by atoms with Crippen LogP contribution in [0.3, 0.4) is 0 Å². The van der Waals surface area contributed by atoms with E-state index in [0.29, 0.717) is 18.1 Å². The molecule has 21 heavy (non-hydrogen) atoms. The molecule has 5 nitrogen and oxygen atoms in total. The molecule has 1 aromatic rings. The van der Waals surface area contributed by atoms with Gasteiger partial charge in [0.05, 0.1) is 11.5 Å². The lowest BCUT2D eigenvalue weighted by atomic mass is 10.1. The van der Waals surface area contributed by atoms with Gasteiger partial charge in [-0.05, 0) is 58.0 Å². The fraction of sp³-hybridized carbons (Fsp3) is 0.600. The van der Waals surface area contributed by atoms with Crippen molar-refractivity contribution in [2.75, 3.05) is 26.8 Å². The van der Waals surface area contributed by atoms with Gasteiger partial charge in [-0.1, -0.05) is 12.1 Å². The molecule has 0 heterocycles. The monoisotopic (exact) mass is 314 g/mol. The number of nitrogens with one attached hydrogen (secondary N) is 2. The molecule has 120 valence electrons. The number of rotatable bonds is 10. The van der Waals surface area contributed by atoms with Gasteiger partial charge in [0.25, 0.3) is 0 Å². The van der Waals surface area contributed by atoms with Crippen LogP contribution in [0.1, 0.15) is 25.8 Å². The number of sulfonamides is 1. The first-order chi connectivity index (χ1) is 9.99. The Morgan fingerprint density at radius 3 is 2.48 bits per heavy atom. The van der Waals surface area contributed by atoms with E-state index in [1.165, 1.54) is 0 Å². The lowest BCUT2D eigenvalue weighted by Crippen LogP contribution is -2.35. The van der Waals surface area contributed by atoms with Crippen LogP contribution in [0.15, 0.2) is 29.2 Å². The minimum atomic E-state index is -3.47. The zero-order valence-electron chi connectivity index (χ0n) is 13.1. The third-order valence-electron chi connectivity index (χ3n) is 3.05. The molecule has 0 saturated heterocycles. The Morgan fingerprint density at radius 1 is 1.24 bits per heavy atom. The van der Waals surface area contributed by atoms with Crippen molar-refractivity contribution < 1.29 is 13.2 Å². The Balaban J connectivity index is 2.62. The lowest BCUT2D eigenvalue weighted by Gasteiger charge is -2.14. The maximum atomic E-state index is 12.2. The Hall–Kier alpha value is -0.950. The second-order valence-electron chi connectivity index (χ2n) is 5.03. The largest absolute Gasteiger partial charge is 0.380 e. The smallest absolute Gasteiger partial charge is 0.240 e. The van der Waals surface area contributed by atoms with Crippen molar-refractivity contribution in [3.63, 3.8) is 0 Å². The van der Waals surface area contributed by atoms with E-state index in [1.54, 1.807) is 19.1 Å². The molecule has 0 fully saturated rings. The normalized spacial score (nSPS) is 13.3. The number of hydrogen-bond acceptors (Lipinski definition) is 4. The summed E-state index contributed by atoms with van der Waals surface area (Å²) in [6.45, 7) is 5.58. The Kier molecular flexibility index (Phi) is 7.88. The van der Waals surface area contributed by atoms with E-state index in [4.69, 9.17) is 4.74 Å². The van der Waals surface area contributed by atoms with E-state index in [-0.39, 0.29) is 6.04 Å². The summed E-state index contributed by atoms with van der Waals surface area (Å²) in [7, 11) is -1.55. The van der Waals surface area contributed by atoms with E-state index in [0.717, 1.165) is 24.9 Å². The average molecular weight is 314 g/mol. The molecule has 1 aromatic carbocycles. The molecule has 0 saturated carbocycles. The predicted molar refractivity (Wildman–Crippen MR) is 85.0 cm³/mol. The number of benzene rings is 1.